The number of hydrogen-bond acceptors (Lipinski definition) is 10. The molecule has 14 nitrogen and oxygen atoms in total. The molecule has 0 unspecified atom stereocenters. The summed E-state index contributed by atoms with van der Waals surface area (Å²) in [5, 5.41) is 17.5. The predicted molar refractivity (Wildman–Crippen MR) is 178 cm³/mol. The quantitative estimate of drug-likeness (QED) is 0.287. The summed E-state index contributed by atoms with van der Waals surface area (Å²) in [5.74, 6) is 0.643. The Kier molecular flexibility index (Phi) is 11.3. The van der Waals surface area contributed by atoms with Crippen LogP contribution < -0.4 is 4.74 Å². The molecule has 2 aliphatic rings. The third-order valence-electron chi connectivity index (χ3n) is 7.09. The molecule has 0 saturated carbocycles. The monoisotopic (exact) mass is 716 g/mol. The smallest absolute Gasteiger partial charge is 0.410 e. The fraction of sp³-hybridized carbons (Fsp3) is 0.562. The topological polar surface area (TPSA) is 149 Å². The first kappa shape index (κ1) is 35.9. The van der Waals surface area contributed by atoms with E-state index in [0.717, 1.165) is 22.2 Å². The molecule has 47 heavy (non-hydrogen) atoms. The Labute approximate surface area is 283 Å². The lowest BCUT2D eigenvalue weighted by Crippen LogP contribution is -2.39. The highest BCUT2D eigenvalue weighted by molar-refractivity contribution is 9.10. The van der Waals surface area contributed by atoms with E-state index in [1.807, 2.05) is 73.7 Å². The van der Waals surface area contributed by atoms with Crippen LogP contribution in [0.15, 0.2) is 53.8 Å². The fourth-order valence-electron chi connectivity index (χ4n) is 5.05. The van der Waals surface area contributed by atoms with Crippen molar-refractivity contribution in [3.05, 3.63) is 53.8 Å². The number of β-amino-alcohol motifs (C(OH)–C–C–N with tert-alkyl or cyclic N) is 1. The number of ether oxygens (including phenoxy) is 3. The molecule has 0 bridgehead atoms. The molecular formula is C32H45BrN8O6. The Bertz CT molecular complexity index is 1650. The summed E-state index contributed by atoms with van der Waals surface area (Å²) >= 11 is 3.29. The Hall–Kier alpha value is -3.98. The summed E-state index contributed by atoms with van der Waals surface area (Å²) in [5.41, 5.74) is 0.672. The molecule has 4 aromatic heterocycles. The Morgan fingerprint density at radius 1 is 0.809 bits per heavy atom. The van der Waals surface area contributed by atoms with Gasteiger partial charge in [0.15, 0.2) is 17.0 Å². The van der Waals surface area contributed by atoms with Gasteiger partial charge in [-0.3, -0.25) is 0 Å². The molecule has 6 rings (SSSR count). The van der Waals surface area contributed by atoms with Crippen molar-refractivity contribution < 1.29 is 28.9 Å². The van der Waals surface area contributed by atoms with E-state index >= 15 is 0 Å². The van der Waals surface area contributed by atoms with Crippen LogP contribution in [-0.2, 0) is 9.47 Å². The maximum absolute atomic E-state index is 12.2. The number of carbonyl (C=O) groups excluding carboxylic acids is 2. The first-order chi connectivity index (χ1) is 22.0. The Morgan fingerprint density at radius 2 is 1.32 bits per heavy atom. The third-order valence-corrected chi connectivity index (χ3v) is 7.50. The molecule has 2 amide bonds. The van der Waals surface area contributed by atoms with E-state index in [4.69, 9.17) is 14.2 Å². The predicted octanol–water partition coefficient (Wildman–Crippen LogP) is 5.37. The number of aliphatic hydroxyl groups is 1. The van der Waals surface area contributed by atoms with Crippen LogP contribution in [0.1, 0.15) is 68.2 Å². The molecule has 15 heteroatoms. The second-order valence-corrected chi connectivity index (χ2v) is 14.6. The van der Waals surface area contributed by atoms with Crippen LogP contribution in [0.5, 0.6) is 5.75 Å². The van der Waals surface area contributed by atoms with Gasteiger partial charge in [-0.05, 0) is 77.7 Å². The third kappa shape index (κ3) is 10.5. The highest BCUT2D eigenvalue weighted by atomic mass is 79.9. The van der Waals surface area contributed by atoms with Gasteiger partial charge < -0.3 is 29.1 Å². The van der Waals surface area contributed by atoms with Gasteiger partial charge in [0.05, 0.1) is 48.5 Å². The van der Waals surface area contributed by atoms with Gasteiger partial charge in [-0.2, -0.15) is 10.2 Å². The van der Waals surface area contributed by atoms with Crippen LogP contribution in [0.25, 0.3) is 11.3 Å². The molecule has 0 spiro atoms. The van der Waals surface area contributed by atoms with Crippen molar-refractivity contribution >= 4 is 39.4 Å². The Balaban J connectivity index is 0.000000176. The van der Waals surface area contributed by atoms with E-state index in [0.29, 0.717) is 25.3 Å². The molecule has 0 aromatic carbocycles. The number of rotatable bonds is 2. The van der Waals surface area contributed by atoms with Gasteiger partial charge in [-0.1, -0.05) is 0 Å². The van der Waals surface area contributed by atoms with Gasteiger partial charge in [0, 0.05) is 43.0 Å². The summed E-state index contributed by atoms with van der Waals surface area (Å²) in [6.45, 7) is 15.9. The van der Waals surface area contributed by atoms with E-state index in [-0.39, 0.29) is 30.4 Å². The zero-order chi connectivity index (χ0) is 34.5. The molecule has 0 aliphatic carbocycles. The highest BCUT2D eigenvalue weighted by Gasteiger charge is 2.36. The largest absolute Gasteiger partial charge is 0.485 e. The molecule has 4 aromatic rings. The summed E-state index contributed by atoms with van der Waals surface area (Å²) in [6, 6.07) is 3.83. The molecule has 2 aliphatic heterocycles. The zero-order valence-corrected chi connectivity index (χ0v) is 29.8. The molecule has 0 radical (unpaired) electrons. The van der Waals surface area contributed by atoms with Gasteiger partial charge in [0.25, 0.3) is 0 Å². The number of aliphatic hydroxyl groups excluding tert-OH is 1. The number of halogens is 1. The molecule has 2 saturated heterocycles. The number of likely N-dealkylation sites (tertiary alicyclic amines) is 2. The number of aromatic nitrogens is 6. The minimum atomic E-state index is -0.495. The number of hydrogen-bond donors (Lipinski definition) is 1. The van der Waals surface area contributed by atoms with Crippen LogP contribution >= 0.6 is 15.9 Å². The van der Waals surface area contributed by atoms with Crippen molar-refractivity contribution in [1.29, 1.82) is 0 Å². The average molecular weight is 718 g/mol. The normalized spacial score (nSPS) is 21.1. The molecular weight excluding hydrogens is 672 g/mol. The van der Waals surface area contributed by atoms with Gasteiger partial charge in [-0.25, -0.2) is 28.6 Å². The maximum atomic E-state index is 12.2. The lowest BCUT2D eigenvalue weighted by molar-refractivity contribution is 0.0212. The average Bonchev–Trinajstić information content (AvgIpc) is 3.74. The number of amides is 2. The molecule has 1 N–H and O–H groups in total. The van der Waals surface area contributed by atoms with Crippen molar-refractivity contribution in [2.75, 3.05) is 13.1 Å². The number of carbonyl (C=O) groups is 2. The molecule has 256 valence electrons. The second kappa shape index (κ2) is 14.8. The molecule has 4 atom stereocenters. The van der Waals surface area contributed by atoms with Crippen LogP contribution in [0.2, 0.25) is 0 Å². The van der Waals surface area contributed by atoms with Crippen molar-refractivity contribution in [2.45, 2.75) is 104 Å². The van der Waals surface area contributed by atoms with E-state index in [1.54, 1.807) is 49.8 Å². The van der Waals surface area contributed by atoms with Crippen LogP contribution in [0.4, 0.5) is 9.59 Å². The van der Waals surface area contributed by atoms with E-state index in [2.05, 4.69) is 36.1 Å². The summed E-state index contributed by atoms with van der Waals surface area (Å²) in [7, 11) is 0. The van der Waals surface area contributed by atoms with Gasteiger partial charge in [0.2, 0.25) is 0 Å². The number of fused-ring (bicyclic) bond motifs is 2. The first-order valence-corrected chi connectivity index (χ1v) is 16.3. The van der Waals surface area contributed by atoms with Gasteiger partial charge in [-0.15, -0.1) is 0 Å². The maximum Gasteiger partial charge on any atom is 0.410 e. The van der Waals surface area contributed by atoms with Crippen molar-refractivity contribution in [3.63, 3.8) is 0 Å². The summed E-state index contributed by atoms with van der Waals surface area (Å²) < 4.78 is 20.9. The minimum Gasteiger partial charge on any atom is -0.485 e. The molecule has 6 heterocycles. The Morgan fingerprint density at radius 3 is 1.85 bits per heavy atom. The van der Waals surface area contributed by atoms with Crippen molar-refractivity contribution in [3.8, 4) is 5.75 Å². The van der Waals surface area contributed by atoms with Crippen molar-refractivity contribution in [1.82, 2.24) is 39.0 Å². The molecule has 2 fully saturated rings. The van der Waals surface area contributed by atoms with E-state index in [1.165, 1.54) is 0 Å². The minimum absolute atomic E-state index is 0.0693. The highest BCUT2D eigenvalue weighted by Crippen LogP contribution is 2.25. The van der Waals surface area contributed by atoms with Crippen LogP contribution in [-0.4, -0.2) is 105 Å². The lowest BCUT2D eigenvalue weighted by Gasteiger charge is -2.26. The van der Waals surface area contributed by atoms with E-state index < -0.39 is 17.3 Å². The van der Waals surface area contributed by atoms with Gasteiger partial charge >= 0.3 is 12.2 Å². The fourth-order valence-corrected chi connectivity index (χ4v) is 5.35. The lowest BCUT2D eigenvalue weighted by atomic mass is 10.2. The van der Waals surface area contributed by atoms with Gasteiger partial charge in [0.1, 0.15) is 17.3 Å². The van der Waals surface area contributed by atoms with Crippen LogP contribution in [0, 0.1) is 0 Å². The summed E-state index contributed by atoms with van der Waals surface area (Å²) in [6.07, 6.45) is 10.8. The first-order valence-electron chi connectivity index (χ1n) is 15.6. The summed E-state index contributed by atoms with van der Waals surface area (Å²) in [4.78, 5) is 35.5. The van der Waals surface area contributed by atoms with Crippen molar-refractivity contribution in [2.24, 2.45) is 0 Å². The van der Waals surface area contributed by atoms with E-state index in [9.17, 15) is 14.7 Å². The standard InChI is InChI=1S/C16H22N4O3.C10H19NO3.C6H4BrN3/c1-11-7-12(9-19(11)15(21)23-16(2,3)4)22-13-8-17-14-5-6-18-20(14)10-13;1-7-5-8(12)6-11(7)9(13)14-10(2,3)4;7-5-3-8-6-1-2-9-10(6)4-5/h5-6,8,10-12H,7,9H2,1-4H3;7-8,12H,5-6H2,1-4H3;1-4H/t11-,12+;7-,8+;/m00./s1. The zero-order valence-electron chi connectivity index (χ0n) is 28.2. The second-order valence-electron chi connectivity index (χ2n) is 13.7. The van der Waals surface area contributed by atoms with Crippen LogP contribution in [0.3, 0.4) is 0 Å². The number of nitrogens with zero attached hydrogens (tertiary/aromatic N) is 8. The SMILES string of the molecule is Brc1cnc2ccnn2c1.C[C@H]1C[C@@H](O)CN1C(=O)OC(C)(C)C.C[C@H]1C[C@@H](Oc2cnc3ccnn3c2)CN1C(=O)OC(C)(C)C.